The average Bonchev–Trinajstić information content (AvgIpc) is 2.78. The molecule has 0 aliphatic heterocycles. The van der Waals surface area contributed by atoms with Gasteiger partial charge in [-0.3, -0.25) is 4.79 Å². The summed E-state index contributed by atoms with van der Waals surface area (Å²) in [5.74, 6) is 0.989. The molecule has 1 rings (SSSR count). The Kier molecular flexibility index (Phi) is 5.77. The van der Waals surface area contributed by atoms with Crippen LogP contribution in [0.5, 0.6) is 0 Å². The van der Waals surface area contributed by atoms with Crippen molar-refractivity contribution in [2.75, 3.05) is 0 Å². The third-order valence-electron chi connectivity index (χ3n) is 2.78. The number of rotatable bonds is 7. The minimum atomic E-state index is -0.0349. The van der Waals surface area contributed by atoms with Crippen LogP contribution in [0.15, 0.2) is 22.8 Å². The van der Waals surface area contributed by atoms with Crippen molar-refractivity contribution < 1.29 is 9.21 Å². The van der Waals surface area contributed by atoms with Gasteiger partial charge in [-0.15, -0.1) is 0 Å². The Morgan fingerprint density at radius 1 is 1.59 bits per heavy atom. The van der Waals surface area contributed by atoms with Gasteiger partial charge in [0, 0.05) is 24.9 Å². The fourth-order valence-corrected chi connectivity index (χ4v) is 1.60. The van der Waals surface area contributed by atoms with Crippen LogP contribution in [0.1, 0.15) is 38.9 Å². The van der Waals surface area contributed by atoms with Gasteiger partial charge in [-0.2, -0.15) is 0 Å². The Labute approximate surface area is 103 Å². The van der Waals surface area contributed by atoms with Gasteiger partial charge >= 0.3 is 0 Å². The topological polar surface area (TPSA) is 68.3 Å². The highest BCUT2D eigenvalue weighted by Crippen LogP contribution is 2.06. The van der Waals surface area contributed by atoms with Gasteiger partial charge < -0.3 is 15.5 Å². The smallest absolute Gasteiger partial charge is 0.221 e. The molecule has 1 amide bonds. The van der Waals surface area contributed by atoms with E-state index in [2.05, 4.69) is 5.32 Å². The zero-order valence-electron chi connectivity index (χ0n) is 10.6. The molecule has 0 saturated heterocycles. The molecule has 3 N–H and O–H groups in total. The first-order valence-corrected chi connectivity index (χ1v) is 6.19. The van der Waals surface area contributed by atoms with Gasteiger partial charge in [-0.1, -0.05) is 6.92 Å². The third-order valence-corrected chi connectivity index (χ3v) is 2.78. The lowest BCUT2D eigenvalue weighted by atomic mass is 10.1. The van der Waals surface area contributed by atoms with Crippen molar-refractivity contribution in [1.29, 1.82) is 0 Å². The number of nitrogens with one attached hydrogen (secondary N) is 1. The molecule has 2 unspecified atom stereocenters. The maximum atomic E-state index is 11.6. The molecular weight excluding hydrogens is 216 g/mol. The molecule has 17 heavy (non-hydrogen) atoms. The van der Waals surface area contributed by atoms with Gasteiger partial charge in [-0.25, -0.2) is 0 Å². The van der Waals surface area contributed by atoms with Gasteiger partial charge in [0.1, 0.15) is 5.76 Å². The second-order valence-corrected chi connectivity index (χ2v) is 4.46. The second-order valence-electron chi connectivity index (χ2n) is 4.46. The van der Waals surface area contributed by atoms with Crippen LogP contribution in [-0.2, 0) is 11.2 Å². The van der Waals surface area contributed by atoms with E-state index in [1.54, 1.807) is 6.26 Å². The molecule has 0 spiro atoms. The fraction of sp³-hybridized carbons (Fsp3) is 0.615. The summed E-state index contributed by atoms with van der Waals surface area (Å²) >= 11 is 0. The van der Waals surface area contributed by atoms with Crippen LogP contribution in [0.3, 0.4) is 0 Å². The summed E-state index contributed by atoms with van der Waals surface area (Å²) in [6.45, 7) is 3.98. The standard InChI is InChI=1S/C13H22N2O2/c1-3-11(14)9-13(16)15-10(2)6-7-12-5-4-8-17-12/h4-5,8,10-11H,3,6-7,9,14H2,1-2H3,(H,15,16). The van der Waals surface area contributed by atoms with E-state index in [1.165, 1.54) is 0 Å². The normalized spacial score (nSPS) is 14.3. The molecule has 0 bridgehead atoms. The predicted octanol–water partition coefficient (Wildman–Crippen LogP) is 1.84. The molecule has 0 fully saturated rings. The lowest BCUT2D eigenvalue weighted by Crippen LogP contribution is -2.36. The van der Waals surface area contributed by atoms with Crippen molar-refractivity contribution in [3.8, 4) is 0 Å². The average molecular weight is 238 g/mol. The molecule has 0 radical (unpaired) electrons. The number of nitrogens with two attached hydrogens (primary N) is 1. The van der Waals surface area contributed by atoms with Crippen molar-refractivity contribution in [2.45, 2.75) is 51.6 Å². The van der Waals surface area contributed by atoms with E-state index >= 15 is 0 Å². The number of furan rings is 1. The number of hydrogen-bond donors (Lipinski definition) is 2. The van der Waals surface area contributed by atoms with E-state index in [0.29, 0.717) is 6.42 Å². The van der Waals surface area contributed by atoms with E-state index in [0.717, 1.165) is 25.0 Å². The van der Waals surface area contributed by atoms with Crippen LogP contribution in [0.25, 0.3) is 0 Å². The van der Waals surface area contributed by atoms with Gasteiger partial charge in [0.25, 0.3) is 0 Å². The molecule has 96 valence electrons. The summed E-state index contributed by atoms with van der Waals surface area (Å²) in [6, 6.07) is 3.93. The minimum Gasteiger partial charge on any atom is -0.469 e. The summed E-state index contributed by atoms with van der Waals surface area (Å²) in [4.78, 5) is 11.6. The lowest BCUT2D eigenvalue weighted by Gasteiger charge is -2.15. The number of carbonyl (C=O) groups excluding carboxylic acids is 1. The van der Waals surface area contributed by atoms with Crippen LogP contribution < -0.4 is 11.1 Å². The third kappa shape index (κ3) is 5.54. The van der Waals surface area contributed by atoms with Crippen LogP contribution in [0.4, 0.5) is 0 Å². The van der Waals surface area contributed by atoms with E-state index in [-0.39, 0.29) is 18.0 Å². The Hall–Kier alpha value is -1.29. The zero-order chi connectivity index (χ0) is 12.7. The Balaban J connectivity index is 2.20. The molecule has 1 aromatic rings. The molecule has 4 nitrogen and oxygen atoms in total. The molecule has 2 atom stereocenters. The number of hydrogen-bond acceptors (Lipinski definition) is 3. The summed E-state index contributed by atoms with van der Waals surface area (Å²) in [6.07, 6.45) is 4.61. The summed E-state index contributed by atoms with van der Waals surface area (Å²) in [5.41, 5.74) is 5.72. The summed E-state index contributed by atoms with van der Waals surface area (Å²) < 4.78 is 5.24. The van der Waals surface area contributed by atoms with Gasteiger partial charge in [0.2, 0.25) is 5.91 Å². The second kappa shape index (κ2) is 7.12. The zero-order valence-corrected chi connectivity index (χ0v) is 10.6. The first-order chi connectivity index (χ1) is 8.11. The molecule has 0 aliphatic rings. The van der Waals surface area contributed by atoms with Gasteiger partial charge in [-0.05, 0) is 31.9 Å². The van der Waals surface area contributed by atoms with Crippen LogP contribution in [-0.4, -0.2) is 18.0 Å². The SMILES string of the molecule is CCC(N)CC(=O)NC(C)CCc1ccco1. The highest BCUT2D eigenvalue weighted by molar-refractivity contribution is 5.76. The molecule has 0 aliphatic carbocycles. The van der Waals surface area contributed by atoms with Crippen LogP contribution in [0, 0.1) is 0 Å². The predicted molar refractivity (Wildman–Crippen MR) is 67.5 cm³/mol. The van der Waals surface area contributed by atoms with Crippen LogP contribution in [0.2, 0.25) is 0 Å². The first kappa shape index (κ1) is 13.8. The van der Waals surface area contributed by atoms with E-state index < -0.39 is 0 Å². The van der Waals surface area contributed by atoms with Crippen molar-refractivity contribution >= 4 is 5.91 Å². The molecule has 1 aromatic heterocycles. The first-order valence-electron chi connectivity index (χ1n) is 6.19. The van der Waals surface area contributed by atoms with E-state index in [9.17, 15) is 4.79 Å². The lowest BCUT2D eigenvalue weighted by molar-refractivity contribution is -0.122. The molecular formula is C13H22N2O2. The maximum Gasteiger partial charge on any atom is 0.221 e. The van der Waals surface area contributed by atoms with Crippen molar-refractivity contribution in [3.63, 3.8) is 0 Å². The van der Waals surface area contributed by atoms with Gasteiger partial charge in [0.15, 0.2) is 0 Å². The molecule has 1 heterocycles. The number of amides is 1. The van der Waals surface area contributed by atoms with Crippen molar-refractivity contribution in [3.05, 3.63) is 24.2 Å². The Morgan fingerprint density at radius 2 is 2.35 bits per heavy atom. The quantitative estimate of drug-likeness (QED) is 0.761. The highest BCUT2D eigenvalue weighted by atomic mass is 16.3. The van der Waals surface area contributed by atoms with Crippen molar-refractivity contribution in [2.24, 2.45) is 5.73 Å². The monoisotopic (exact) mass is 238 g/mol. The van der Waals surface area contributed by atoms with Crippen LogP contribution >= 0.6 is 0 Å². The van der Waals surface area contributed by atoms with Gasteiger partial charge in [0.05, 0.1) is 6.26 Å². The fourth-order valence-electron chi connectivity index (χ4n) is 1.60. The highest BCUT2D eigenvalue weighted by Gasteiger charge is 2.11. The molecule has 0 aromatic carbocycles. The van der Waals surface area contributed by atoms with Crippen molar-refractivity contribution in [1.82, 2.24) is 5.32 Å². The Morgan fingerprint density at radius 3 is 2.94 bits per heavy atom. The number of carbonyl (C=O) groups is 1. The largest absolute Gasteiger partial charge is 0.469 e. The van der Waals surface area contributed by atoms with E-state index in [4.69, 9.17) is 10.2 Å². The summed E-state index contributed by atoms with van der Waals surface area (Å²) in [5, 5.41) is 2.95. The Bertz CT molecular complexity index is 322. The molecule has 4 heteroatoms. The number of aryl methyl sites for hydroxylation is 1. The maximum absolute atomic E-state index is 11.6. The summed E-state index contributed by atoms with van der Waals surface area (Å²) in [7, 11) is 0. The van der Waals surface area contributed by atoms with E-state index in [1.807, 2.05) is 26.0 Å². The minimum absolute atomic E-state index is 0.0336. The molecule has 0 saturated carbocycles.